The minimum atomic E-state index is -4.44. The monoisotopic (exact) mass is 371 g/mol. The number of carbonyl (C=O) groups is 1. The Morgan fingerprint density at radius 3 is 2.50 bits per heavy atom. The largest absolute Gasteiger partial charge is 0.468 e. The van der Waals surface area contributed by atoms with Gasteiger partial charge in [-0.25, -0.2) is 14.2 Å². The van der Waals surface area contributed by atoms with Crippen LogP contribution in [-0.4, -0.2) is 30.3 Å². The molecule has 2 aromatic rings. The first kappa shape index (κ1) is 19.5. The van der Waals surface area contributed by atoms with Crippen molar-refractivity contribution < 1.29 is 27.1 Å². The summed E-state index contributed by atoms with van der Waals surface area (Å²) in [7, 11) is 0. The lowest BCUT2D eigenvalue weighted by molar-refractivity contribution is -0.154. The number of benzene rings is 1. The minimum absolute atomic E-state index is 0.104. The van der Waals surface area contributed by atoms with Crippen LogP contribution in [0.4, 0.5) is 22.4 Å². The van der Waals surface area contributed by atoms with Gasteiger partial charge in [0.15, 0.2) is 6.61 Å². The maximum absolute atomic E-state index is 12.8. The molecule has 1 heterocycles. The summed E-state index contributed by atoms with van der Waals surface area (Å²) in [6.07, 6.45) is -2.60. The van der Waals surface area contributed by atoms with Gasteiger partial charge in [-0.1, -0.05) is 12.1 Å². The number of aromatic nitrogens is 1. The van der Waals surface area contributed by atoms with Crippen molar-refractivity contribution in [3.05, 3.63) is 59.5 Å². The number of carbonyl (C=O) groups excluding carboxylic acids is 1. The highest BCUT2D eigenvalue weighted by molar-refractivity contribution is 5.73. The Labute approximate surface area is 147 Å². The molecule has 140 valence electrons. The molecule has 0 fully saturated rings. The fourth-order valence-corrected chi connectivity index (χ4v) is 2.01. The average molecular weight is 371 g/mol. The van der Waals surface area contributed by atoms with Crippen molar-refractivity contribution in [3.63, 3.8) is 0 Å². The van der Waals surface area contributed by atoms with Gasteiger partial charge in [-0.3, -0.25) is 0 Å². The van der Waals surface area contributed by atoms with Crippen molar-refractivity contribution in [2.45, 2.75) is 19.1 Å². The van der Waals surface area contributed by atoms with Gasteiger partial charge in [0.2, 0.25) is 5.88 Å². The summed E-state index contributed by atoms with van der Waals surface area (Å²) in [5, 5.41) is 5.21. The lowest BCUT2D eigenvalue weighted by atomic mass is 10.1. The Kier molecular flexibility index (Phi) is 6.76. The first-order valence-corrected chi connectivity index (χ1v) is 7.72. The van der Waals surface area contributed by atoms with Gasteiger partial charge in [0.25, 0.3) is 0 Å². The molecule has 0 saturated heterocycles. The van der Waals surface area contributed by atoms with Crippen LogP contribution in [0.2, 0.25) is 0 Å². The Bertz CT molecular complexity index is 721. The van der Waals surface area contributed by atoms with E-state index in [1.165, 1.54) is 24.4 Å². The molecule has 0 unspecified atom stereocenters. The second-order valence-corrected chi connectivity index (χ2v) is 5.39. The minimum Gasteiger partial charge on any atom is -0.468 e. The number of nitrogens with zero attached hydrogens (tertiary/aromatic N) is 1. The van der Waals surface area contributed by atoms with E-state index in [0.717, 1.165) is 5.56 Å². The highest BCUT2D eigenvalue weighted by atomic mass is 19.4. The van der Waals surface area contributed by atoms with Crippen molar-refractivity contribution in [1.29, 1.82) is 0 Å². The lowest BCUT2D eigenvalue weighted by Gasteiger charge is -2.10. The van der Waals surface area contributed by atoms with Gasteiger partial charge in [0.05, 0.1) is 0 Å². The van der Waals surface area contributed by atoms with E-state index in [4.69, 9.17) is 0 Å². The molecule has 26 heavy (non-hydrogen) atoms. The van der Waals surface area contributed by atoms with Crippen LogP contribution in [-0.2, 0) is 13.0 Å². The Balaban J connectivity index is 1.72. The van der Waals surface area contributed by atoms with Gasteiger partial charge in [0, 0.05) is 25.4 Å². The zero-order valence-electron chi connectivity index (χ0n) is 13.6. The molecule has 2 N–H and O–H groups in total. The Morgan fingerprint density at radius 2 is 1.81 bits per heavy atom. The van der Waals surface area contributed by atoms with Gasteiger partial charge in [-0.2, -0.15) is 13.2 Å². The maximum Gasteiger partial charge on any atom is 0.422 e. The topological polar surface area (TPSA) is 63.2 Å². The summed E-state index contributed by atoms with van der Waals surface area (Å²) in [6, 6.07) is 8.41. The SMILES string of the molecule is O=C(NCCc1ccc(F)cc1)NCc1ccnc(OCC(F)(F)F)c1. The summed E-state index contributed by atoms with van der Waals surface area (Å²) in [5.41, 5.74) is 1.43. The van der Waals surface area contributed by atoms with Crippen molar-refractivity contribution in [1.82, 2.24) is 15.6 Å². The zero-order valence-corrected chi connectivity index (χ0v) is 13.6. The van der Waals surface area contributed by atoms with Crippen molar-refractivity contribution >= 4 is 6.03 Å². The summed E-state index contributed by atoms with van der Waals surface area (Å²) >= 11 is 0. The van der Waals surface area contributed by atoms with Crippen LogP contribution in [0.15, 0.2) is 42.6 Å². The molecule has 0 radical (unpaired) electrons. The zero-order chi connectivity index (χ0) is 19.0. The molecule has 0 atom stereocenters. The highest BCUT2D eigenvalue weighted by Gasteiger charge is 2.28. The molecule has 5 nitrogen and oxygen atoms in total. The molecular formula is C17H17F4N3O2. The predicted molar refractivity (Wildman–Crippen MR) is 86.1 cm³/mol. The van der Waals surface area contributed by atoms with E-state index in [2.05, 4.69) is 20.4 Å². The number of pyridine rings is 1. The molecule has 0 spiro atoms. The van der Waals surface area contributed by atoms with E-state index >= 15 is 0 Å². The average Bonchev–Trinajstić information content (AvgIpc) is 2.60. The fraction of sp³-hybridized carbons (Fsp3) is 0.294. The van der Waals surface area contributed by atoms with Crippen LogP contribution < -0.4 is 15.4 Å². The van der Waals surface area contributed by atoms with Crippen LogP contribution in [0.25, 0.3) is 0 Å². The van der Waals surface area contributed by atoms with Crippen molar-refractivity contribution in [2.24, 2.45) is 0 Å². The highest BCUT2D eigenvalue weighted by Crippen LogP contribution is 2.17. The summed E-state index contributed by atoms with van der Waals surface area (Å²) in [4.78, 5) is 15.4. The fourth-order valence-electron chi connectivity index (χ4n) is 2.01. The van der Waals surface area contributed by atoms with Crippen LogP contribution in [0.5, 0.6) is 5.88 Å². The van der Waals surface area contributed by atoms with Crippen LogP contribution in [0.3, 0.4) is 0 Å². The standard InChI is InChI=1S/C17H17F4N3O2/c18-14-3-1-12(2-4-14)5-8-23-16(25)24-10-13-6-7-22-15(9-13)26-11-17(19,20)21/h1-4,6-7,9H,5,8,10-11H2,(H2,23,24,25). The second-order valence-electron chi connectivity index (χ2n) is 5.39. The number of hydrogen-bond acceptors (Lipinski definition) is 3. The summed E-state index contributed by atoms with van der Waals surface area (Å²) < 4.78 is 53.7. The number of hydrogen-bond donors (Lipinski definition) is 2. The number of alkyl halides is 3. The molecule has 2 amide bonds. The third-order valence-electron chi connectivity index (χ3n) is 3.25. The number of nitrogens with one attached hydrogen (secondary N) is 2. The molecule has 1 aromatic heterocycles. The molecule has 0 bridgehead atoms. The normalized spacial score (nSPS) is 11.1. The number of urea groups is 1. The van der Waals surface area contributed by atoms with Gasteiger partial charge in [-0.15, -0.1) is 0 Å². The van der Waals surface area contributed by atoms with E-state index in [1.54, 1.807) is 18.2 Å². The van der Waals surface area contributed by atoms with Crippen LogP contribution in [0.1, 0.15) is 11.1 Å². The third kappa shape index (κ3) is 7.37. The van der Waals surface area contributed by atoms with Gasteiger partial charge in [-0.05, 0) is 35.7 Å². The number of ether oxygens (including phenoxy) is 1. The van der Waals surface area contributed by atoms with E-state index in [1.807, 2.05) is 0 Å². The van der Waals surface area contributed by atoms with Crippen molar-refractivity contribution in [2.75, 3.05) is 13.2 Å². The molecule has 0 aliphatic carbocycles. The molecule has 0 aliphatic heterocycles. The number of rotatable bonds is 7. The first-order chi connectivity index (χ1) is 12.3. The van der Waals surface area contributed by atoms with Gasteiger partial charge >= 0.3 is 12.2 Å². The van der Waals surface area contributed by atoms with E-state index < -0.39 is 18.8 Å². The molecule has 1 aromatic carbocycles. The van der Waals surface area contributed by atoms with Crippen LogP contribution in [0, 0.1) is 5.82 Å². The van der Waals surface area contributed by atoms with Gasteiger partial charge in [0.1, 0.15) is 5.82 Å². The van der Waals surface area contributed by atoms with Crippen molar-refractivity contribution in [3.8, 4) is 5.88 Å². The number of halogens is 4. The Morgan fingerprint density at radius 1 is 1.08 bits per heavy atom. The van der Waals surface area contributed by atoms with Gasteiger partial charge < -0.3 is 15.4 Å². The first-order valence-electron chi connectivity index (χ1n) is 7.72. The number of amides is 2. The molecule has 0 aliphatic rings. The smallest absolute Gasteiger partial charge is 0.422 e. The quantitative estimate of drug-likeness (QED) is 0.735. The Hall–Kier alpha value is -2.84. The third-order valence-corrected chi connectivity index (χ3v) is 3.25. The maximum atomic E-state index is 12.8. The molecule has 9 heteroatoms. The molecular weight excluding hydrogens is 354 g/mol. The van der Waals surface area contributed by atoms with E-state index in [0.29, 0.717) is 18.5 Å². The molecule has 2 rings (SSSR count). The van der Waals surface area contributed by atoms with E-state index in [9.17, 15) is 22.4 Å². The van der Waals surface area contributed by atoms with Crippen LogP contribution >= 0.6 is 0 Å². The summed E-state index contributed by atoms with van der Waals surface area (Å²) in [6.45, 7) is -0.970. The molecule has 0 saturated carbocycles. The lowest BCUT2D eigenvalue weighted by Crippen LogP contribution is -2.36. The predicted octanol–water partition coefficient (Wildman–Crippen LogP) is 3.20. The second kappa shape index (κ2) is 9.02. The summed E-state index contributed by atoms with van der Waals surface area (Å²) in [5.74, 6) is -0.492. The van der Waals surface area contributed by atoms with E-state index in [-0.39, 0.29) is 18.2 Å².